The Balaban J connectivity index is 2.19. The maximum atomic E-state index is 13.4. The zero-order valence-corrected chi connectivity index (χ0v) is 10.3. The molecule has 0 aliphatic carbocycles. The van der Waals surface area contributed by atoms with Crippen molar-refractivity contribution in [3.63, 3.8) is 0 Å². The number of nitrogens with zero attached hydrogens (tertiary/aromatic N) is 1. The fraction of sp³-hybridized carbons (Fsp3) is 0. The van der Waals surface area contributed by atoms with Crippen molar-refractivity contribution in [2.24, 2.45) is 0 Å². The van der Waals surface area contributed by atoms with Gasteiger partial charge in [-0.05, 0) is 24.3 Å². The second-order valence-electron chi connectivity index (χ2n) is 3.98. The second kappa shape index (κ2) is 4.24. The van der Waals surface area contributed by atoms with Crippen LogP contribution in [0.3, 0.4) is 0 Å². The van der Waals surface area contributed by atoms with Crippen molar-refractivity contribution in [1.29, 1.82) is 0 Å². The summed E-state index contributed by atoms with van der Waals surface area (Å²) in [5.74, 6) is -2.07. The topological polar surface area (TPSA) is 38.9 Å². The van der Waals surface area contributed by atoms with Crippen LogP contribution in [0.2, 0.25) is 0 Å². The van der Waals surface area contributed by atoms with Gasteiger partial charge >= 0.3 is 0 Å². The second-order valence-corrected chi connectivity index (χ2v) is 5.02. The van der Waals surface area contributed by atoms with E-state index in [2.05, 4.69) is 4.98 Å². The molecule has 0 atom stereocenters. The minimum absolute atomic E-state index is 0.283. The third-order valence-electron chi connectivity index (χ3n) is 2.68. The van der Waals surface area contributed by atoms with E-state index in [0.717, 1.165) is 16.8 Å². The Kier molecular flexibility index (Phi) is 2.67. The van der Waals surface area contributed by atoms with Crippen molar-refractivity contribution in [1.82, 2.24) is 4.98 Å². The number of rotatable bonds is 1. The minimum Gasteiger partial charge on any atom is -0.394 e. The fourth-order valence-corrected chi connectivity index (χ4v) is 2.67. The Morgan fingerprint density at radius 3 is 2.37 bits per heavy atom. The van der Waals surface area contributed by atoms with Crippen molar-refractivity contribution in [2.45, 2.75) is 0 Å². The monoisotopic (exact) mass is 280 g/mol. The SMILES string of the molecule is Nc1c(F)cc(-c2nc3cc(F)ccc3s2)cc1F. The largest absolute Gasteiger partial charge is 0.394 e. The summed E-state index contributed by atoms with van der Waals surface area (Å²) in [4.78, 5) is 4.16. The van der Waals surface area contributed by atoms with E-state index in [9.17, 15) is 13.2 Å². The molecular weight excluding hydrogens is 273 g/mol. The molecule has 0 aliphatic rings. The summed E-state index contributed by atoms with van der Waals surface area (Å²) in [5, 5.41) is 0.415. The summed E-state index contributed by atoms with van der Waals surface area (Å²) in [5.41, 5.74) is 5.43. The Hall–Kier alpha value is -2.08. The maximum absolute atomic E-state index is 13.4. The fourth-order valence-electron chi connectivity index (χ4n) is 1.73. The molecule has 0 bridgehead atoms. The Bertz CT molecular complexity index is 760. The molecule has 0 radical (unpaired) electrons. The number of thiazole rings is 1. The first-order valence-electron chi connectivity index (χ1n) is 5.35. The summed E-state index contributed by atoms with van der Waals surface area (Å²) in [6.07, 6.45) is 0. The molecule has 1 aromatic heterocycles. The number of benzene rings is 2. The first-order valence-corrected chi connectivity index (χ1v) is 6.17. The van der Waals surface area contributed by atoms with Gasteiger partial charge in [0.05, 0.1) is 10.2 Å². The van der Waals surface area contributed by atoms with Crippen molar-refractivity contribution in [3.05, 3.63) is 47.8 Å². The molecule has 2 aromatic carbocycles. The number of nitrogens with two attached hydrogens (primary N) is 1. The van der Waals surface area contributed by atoms with Gasteiger partial charge in [0.2, 0.25) is 0 Å². The molecule has 0 saturated heterocycles. The standard InChI is InChI=1S/C13H7F3N2S/c14-7-1-2-11-10(5-7)18-13(19-11)6-3-8(15)12(17)9(16)4-6/h1-5H,17H2. The zero-order valence-electron chi connectivity index (χ0n) is 9.45. The van der Waals surface area contributed by atoms with Crippen LogP contribution in [0.1, 0.15) is 0 Å². The zero-order chi connectivity index (χ0) is 13.6. The van der Waals surface area contributed by atoms with Crippen molar-refractivity contribution in [2.75, 3.05) is 5.73 Å². The number of fused-ring (bicyclic) bond motifs is 1. The molecule has 0 saturated carbocycles. The van der Waals surface area contributed by atoms with Crippen LogP contribution in [-0.4, -0.2) is 4.98 Å². The van der Waals surface area contributed by atoms with Crippen molar-refractivity contribution < 1.29 is 13.2 Å². The lowest BCUT2D eigenvalue weighted by Crippen LogP contribution is -1.95. The molecule has 96 valence electrons. The van der Waals surface area contributed by atoms with Crippen LogP contribution in [0.5, 0.6) is 0 Å². The molecule has 2 N–H and O–H groups in total. The van der Waals surface area contributed by atoms with Crippen LogP contribution in [0.15, 0.2) is 30.3 Å². The quantitative estimate of drug-likeness (QED) is 0.685. The van der Waals surface area contributed by atoms with E-state index in [1.807, 2.05) is 0 Å². The normalized spacial score (nSPS) is 11.1. The number of hydrogen-bond acceptors (Lipinski definition) is 3. The highest BCUT2D eigenvalue weighted by Crippen LogP contribution is 2.32. The first-order chi connectivity index (χ1) is 9.04. The van der Waals surface area contributed by atoms with Gasteiger partial charge in [0.25, 0.3) is 0 Å². The average Bonchev–Trinajstić information content (AvgIpc) is 2.78. The van der Waals surface area contributed by atoms with Gasteiger partial charge in [-0.2, -0.15) is 0 Å². The molecule has 2 nitrogen and oxygen atoms in total. The molecule has 0 unspecified atom stereocenters. The molecule has 1 heterocycles. The summed E-state index contributed by atoms with van der Waals surface area (Å²) in [7, 11) is 0. The van der Waals surface area contributed by atoms with Gasteiger partial charge in [-0.1, -0.05) is 0 Å². The van der Waals surface area contributed by atoms with Crippen LogP contribution in [0, 0.1) is 17.5 Å². The molecular formula is C13H7F3N2S. The van der Waals surface area contributed by atoms with E-state index < -0.39 is 23.1 Å². The van der Waals surface area contributed by atoms with Gasteiger partial charge in [-0.15, -0.1) is 11.3 Å². The summed E-state index contributed by atoms with van der Waals surface area (Å²) in [6, 6.07) is 6.41. The van der Waals surface area contributed by atoms with E-state index in [-0.39, 0.29) is 5.56 Å². The van der Waals surface area contributed by atoms with Crippen LogP contribution in [-0.2, 0) is 0 Å². The Morgan fingerprint density at radius 1 is 1.00 bits per heavy atom. The lowest BCUT2D eigenvalue weighted by molar-refractivity contribution is 0.592. The van der Waals surface area contributed by atoms with E-state index in [1.54, 1.807) is 6.07 Å². The van der Waals surface area contributed by atoms with Crippen molar-refractivity contribution in [3.8, 4) is 10.6 Å². The summed E-state index contributed by atoms with van der Waals surface area (Å²) < 4.78 is 40.6. The molecule has 0 spiro atoms. The number of aromatic nitrogens is 1. The van der Waals surface area contributed by atoms with E-state index >= 15 is 0 Å². The molecule has 0 amide bonds. The van der Waals surface area contributed by atoms with E-state index in [4.69, 9.17) is 5.73 Å². The van der Waals surface area contributed by atoms with Crippen LogP contribution in [0.4, 0.5) is 18.9 Å². The summed E-state index contributed by atoms with van der Waals surface area (Å²) >= 11 is 1.23. The van der Waals surface area contributed by atoms with E-state index in [0.29, 0.717) is 10.5 Å². The number of anilines is 1. The lowest BCUT2D eigenvalue weighted by Gasteiger charge is -2.01. The first kappa shape index (κ1) is 12.0. The third kappa shape index (κ3) is 2.04. The lowest BCUT2D eigenvalue weighted by atomic mass is 10.2. The summed E-state index contributed by atoms with van der Waals surface area (Å²) in [6.45, 7) is 0. The minimum atomic E-state index is -0.833. The number of nitrogen functional groups attached to an aromatic ring is 1. The Labute approximate surface area is 110 Å². The highest BCUT2D eigenvalue weighted by molar-refractivity contribution is 7.21. The maximum Gasteiger partial charge on any atom is 0.149 e. The predicted molar refractivity (Wildman–Crippen MR) is 69.3 cm³/mol. The number of halogens is 3. The molecule has 19 heavy (non-hydrogen) atoms. The molecule has 6 heteroatoms. The predicted octanol–water partition coefficient (Wildman–Crippen LogP) is 3.96. The third-order valence-corrected chi connectivity index (χ3v) is 3.76. The molecule has 3 rings (SSSR count). The molecule has 0 aliphatic heterocycles. The Morgan fingerprint density at radius 2 is 1.68 bits per heavy atom. The van der Waals surface area contributed by atoms with E-state index in [1.165, 1.54) is 23.5 Å². The van der Waals surface area contributed by atoms with Crippen LogP contribution < -0.4 is 5.73 Å². The number of hydrogen-bond donors (Lipinski definition) is 1. The highest BCUT2D eigenvalue weighted by atomic mass is 32.1. The van der Waals surface area contributed by atoms with Crippen molar-refractivity contribution >= 4 is 27.2 Å². The molecule has 0 fully saturated rings. The smallest absolute Gasteiger partial charge is 0.149 e. The van der Waals surface area contributed by atoms with Gasteiger partial charge < -0.3 is 5.73 Å². The highest BCUT2D eigenvalue weighted by Gasteiger charge is 2.12. The van der Waals surface area contributed by atoms with Gasteiger partial charge in [-0.3, -0.25) is 0 Å². The van der Waals surface area contributed by atoms with Gasteiger partial charge in [0.1, 0.15) is 28.1 Å². The van der Waals surface area contributed by atoms with Gasteiger partial charge in [0, 0.05) is 11.6 Å². The van der Waals surface area contributed by atoms with Gasteiger partial charge in [-0.25, -0.2) is 18.2 Å². The van der Waals surface area contributed by atoms with Crippen LogP contribution >= 0.6 is 11.3 Å². The van der Waals surface area contributed by atoms with Gasteiger partial charge in [0.15, 0.2) is 0 Å². The average molecular weight is 280 g/mol. The van der Waals surface area contributed by atoms with Crippen LogP contribution in [0.25, 0.3) is 20.8 Å². The molecule has 3 aromatic rings.